The molecule has 4 fully saturated rings. The third-order valence-electron chi connectivity index (χ3n) is 4.44. The second-order valence-corrected chi connectivity index (χ2v) is 5.53. The molecule has 4 aliphatic rings. The van der Waals surface area contributed by atoms with E-state index in [0.717, 1.165) is 45.4 Å². The predicted molar refractivity (Wildman–Crippen MR) is 59.8 cm³/mol. The van der Waals surface area contributed by atoms with Crippen molar-refractivity contribution in [2.75, 3.05) is 26.2 Å². The predicted octanol–water partition coefficient (Wildman–Crippen LogP) is -0.175. The number of nitrogens with zero attached hydrogens (tertiary/aromatic N) is 1. The summed E-state index contributed by atoms with van der Waals surface area (Å²) in [6, 6.07) is 0. The van der Waals surface area contributed by atoms with E-state index < -0.39 is 0 Å². The van der Waals surface area contributed by atoms with Crippen molar-refractivity contribution in [3.63, 3.8) is 0 Å². The second kappa shape index (κ2) is 4.00. The highest BCUT2D eigenvalue weighted by atomic mass is 16.3. The zero-order valence-electron chi connectivity index (χ0n) is 9.56. The Morgan fingerprint density at radius 3 is 2.62 bits per heavy atom. The Hall–Kier alpha value is -0.610. The van der Waals surface area contributed by atoms with Crippen LogP contribution in [-0.2, 0) is 4.79 Å². The molecule has 90 valence electrons. The third-order valence-corrected chi connectivity index (χ3v) is 4.44. The van der Waals surface area contributed by atoms with Crippen LogP contribution < -0.4 is 5.32 Å². The van der Waals surface area contributed by atoms with Crippen molar-refractivity contribution < 1.29 is 9.90 Å². The molecular formula is C12H20N2O2. The number of amides is 1. The molecule has 3 heterocycles. The summed E-state index contributed by atoms with van der Waals surface area (Å²) >= 11 is 0. The highest BCUT2D eigenvalue weighted by Crippen LogP contribution is 2.40. The zero-order valence-corrected chi connectivity index (χ0v) is 9.56. The minimum Gasteiger partial charge on any atom is -0.392 e. The summed E-state index contributed by atoms with van der Waals surface area (Å²) in [6.07, 6.45) is 3.13. The van der Waals surface area contributed by atoms with Crippen molar-refractivity contribution in [1.82, 2.24) is 10.2 Å². The van der Waals surface area contributed by atoms with E-state index in [0.29, 0.717) is 17.7 Å². The average molecular weight is 224 g/mol. The standard InChI is InChI=1S/C12H20N2O2/c15-11-9-4-10(11)7-14(6-9)12(16)8-2-1-3-13-5-8/h8-11,13,15H,1-7H2/t8-,9-,10+,11?/m1/s1. The number of rotatable bonds is 1. The van der Waals surface area contributed by atoms with Crippen LogP contribution in [0.4, 0.5) is 0 Å². The monoisotopic (exact) mass is 224 g/mol. The van der Waals surface area contributed by atoms with Gasteiger partial charge in [0, 0.05) is 31.5 Å². The molecule has 3 aliphatic heterocycles. The molecule has 4 heteroatoms. The van der Waals surface area contributed by atoms with E-state index in [2.05, 4.69) is 5.32 Å². The molecule has 1 aliphatic carbocycles. The lowest BCUT2D eigenvalue weighted by atomic mass is 9.68. The smallest absolute Gasteiger partial charge is 0.226 e. The first-order valence-corrected chi connectivity index (χ1v) is 6.43. The van der Waals surface area contributed by atoms with Gasteiger partial charge in [0.2, 0.25) is 5.91 Å². The summed E-state index contributed by atoms with van der Waals surface area (Å²) in [4.78, 5) is 14.2. The van der Waals surface area contributed by atoms with Gasteiger partial charge in [-0.25, -0.2) is 0 Å². The van der Waals surface area contributed by atoms with E-state index in [9.17, 15) is 9.90 Å². The number of carbonyl (C=O) groups excluding carboxylic acids is 1. The van der Waals surface area contributed by atoms with Gasteiger partial charge in [-0.3, -0.25) is 4.79 Å². The maximum atomic E-state index is 12.2. The van der Waals surface area contributed by atoms with E-state index in [1.165, 1.54) is 0 Å². The lowest BCUT2D eigenvalue weighted by Gasteiger charge is -2.51. The fourth-order valence-electron chi connectivity index (χ4n) is 3.36. The van der Waals surface area contributed by atoms with Crippen molar-refractivity contribution in [3.8, 4) is 0 Å². The Bertz CT molecular complexity index is 277. The van der Waals surface area contributed by atoms with Crippen molar-refractivity contribution in [2.24, 2.45) is 17.8 Å². The van der Waals surface area contributed by atoms with Gasteiger partial charge in [-0.05, 0) is 25.8 Å². The van der Waals surface area contributed by atoms with Gasteiger partial charge in [0.25, 0.3) is 0 Å². The number of nitrogens with one attached hydrogen (secondary N) is 1. The van der Waals surface area contributed by atoms with Crippen LogP contribution in [0.15, 0.2) is 0 Å². The molecule has 0 aromatic heterocycles. The highest BCUT2D eigenvalue weighted by molar-refractivity contribution is 5.79. The van der Waals surface area contributed by atoms with Crippen LogP contribution in [0.3, 0.4) is 0 Å². The fourth-order valence-corrected chi connectivity index (χ4v) is 3.36. The van der Waals surface area contributed by atoms with Crippen LogP contribution in [0.1, 0.15) is 19.3 Å². The molecule has 2 bridgehead atoms. The molecule has 1 amide bonds. The topological polar surface area (TPSA) is 52.6 Å². The minimum atomic E-state index is -0.131. The maximum Gasteiger partial charge on any atom is 0.226 e. The molecule has 1 saturated carbocycles. The van der Waals surface area contributed by atoms with Crippen molar-refractivity contribution in [1.29, 1.82) is 0 Å². The number of piperidine rings is 3. The molecule has 2 N–H and O–H groups in total. The molecule has 0 aromatic rings. The third kappa shape index (κ3) is 1.64. The van der Waals surface area contributed by atoms with Crippen molar-refractivity contribution in [2.45, 2.75) is 25.4 Å². The van der Waals surface area contributed by atoms with Crippen LogP contribution in [0.2, 0.25) is 0 Å². The summed E-state index contributed by atoms with van der Waals surface area (Å²) in [5.41, 5.74) is 0. The Labute approximate surface area is 96.0 Å². The SMILES string of the molecule is O=C([C@@H]1CCCNC1)N1C[C@H]2C[C@@H](C1)C2O. The summed E-state index contributed by atoms with van der Waals surface area (Å²) in [6.45, 7) is 3.46. The molecule has 4 atom stereocenters. The first-order valence-electron chi connectivity index (χ1n) is 6.43. The molecule has 1 unspecified atom stereocenters. The van der Waals surface area contributed by atoms with E-state index in [-0.39, 0.29) is 12.0 Å². The molecule has 4 rings (SSSR count). The Kier molecular flexibility index (Phi) is 2.64. The van der Waals surface area contributed by atoms with Gasteiger partial charge in [0.15, 0.2) is 0 Å². The summed E-state index contributed by atoms with van der Waals surface area (Å²) in [5.74, 6) is 1.22. The maximum absolute atomic E-state index is 12.2. The van der Waals surface area contributed by atoms with Crippen LogP contribution >= 0.6 is 0 Å². The Morgan fingerprint density at radius 2 is 2.06 bits per heavy atom. The first kappa shape index (κ1) is 10.5. The molecular weight excluding hydrogens is 204 g/mol. The molecule has 0 aromatic carbocycles. The highest BCUT2D eigenvalue weighted by Gasteiger charge is 2.47. The van der Waals surface area contributed by atoms with Gasteiger partial charge < -0.3 is 15.3 Å². The van der Waals surface area contributed by atoms with Gasteiger partial charge in [-0.15, -0.1) is 0 Å². The molecule has 16 heavy (non-hydrogen) atoms. The van der Waals surface area contributed by atoms with Gasteiger partial charge in [-0.1, -0.05) is 0 Å². The zero-order chi connectivity index (χ0) is 11.1. The molecule has 3 saturated heterocycles. The number of carbonyl (C=O) groups is 1. The molecule has 0 radical (unpaired) electrons. The quantitative estimate of drug-likeness (QED) is 0.650. The van der Waals surface area contributed by atoms with Gasteiger partial charge in [-0.2, -0.15) is 0 Å². The average Bonchev–Trinajstić information content (AvgIpc) is 2.38. The molecule has 0 spiro atoms. The second-order valence-electron chi connectivity index (χ2n) is 5.53. The Morgan fingerprint density at radius 1 is 1.31 bits per heavy atom. The van der Waals surface area contributed by atoms with Crippen molar-refractivity contribution in [3.05, 3.63) is 0 Å². The lowest BCUT2D eigenvalue weighted by Crippen LogP contribution is -2.61. The lowest BCUT2D eigenvalue weighted by molar-refractivity contribution is -0.154. The van der Waals surface area contributed by atoms with Gasteiger partial charge >= 0.3 is 0 Å². The Balaban J connectivity index is 1.59. The number of fused-ring (bicyclic) bond motifs is 2. The summed E-state index contributed by atoms with van der Waals surface area (Å²) in [5, 5.41) is 13.0. The number of aliphatic hydroxyl groups is 1. The van der Waals surface area contributed by atoms with Crippen LogP contribution in [-0.4, -0.2) is 48.2 Å². The van der Waals surface area contributed by atoms with Crippen LogP contribution in [0.5, 0.6) is 0 Å². The first-order chi connectivity index (χ1) is 7.75. The van der Waals surface area contributed by atoms with E-state index in [1.54, 1.807) is 0 Å². The fraction of sp³-hybridized carbons (Fsp3) is 0.917. The number of hydrogen-bond acceptors (Lipinski definition) is 3. The minimum absolute atomic E-state index is 0.131. The summed E-state index contributed by atoms with van der Waals surface area (Å²) < 4.78 is 0. The van der Waals surface area contributed by atoms with Crippen molar-refractivity contribution >= 4 is 5.91 Å². The normalized spacial score (nSPS) is 42.7. The number of aliphatic hydroxyl groups excluding tert-OH is 1. The van der Waals surface area contributed by atoms with E-state index >= 15 is 0 Å². The van der Waals surface area contributed by atoms with E-state index in [1.807, 2.05) is 4.90 Å². The van der Waals surface area contributed by atoms with Gasteiger partial charge in [0.05, 0.1) is 12.0 Å². The number of hydrogen-bond donors (Lipinski definition) is 2. The summed E-state index contributed by atoms with van der Waals surface area (Å²) in [7, 11) is 0. The van der Waals surface area contributed by atoms with Gasteiger partial charge in [0.1, 0.15) is 0 Å². The molecule has 4 nitrogen and oxygen atoms in total. The largest absolute Gasteiger partial charge is 0.392 e. The van der Waals surface area contributed by atoms with Crippen LogP contribution in [0, 0.1) is 17.8 Å². The van der Waals surface area contributed by atoms with E-state index in [4.69, 9.17) is 0 Å². The van der Waals surface area contributed by atoms with Crippen LogP contribution in [0.25, 0.3) is 0 Å².